The lowest BCUT2D eigenvalue weighted by atomic mass is 10.3. The van der Waals surface area contributed by atoms with Crippen molar-refractivity contribution in [1.29, 1.82) is 0 Å². The molecule has 108 valence electrons. The Bertz CT molecular complexity index is 512. The number of rotatable bonds is 5. The third-order valence-corrected chi connectivity index (χ3v) is 6.71. The van der Waals surface area contributed by atoms with E-state index >= 15 is 0 Å². The maximum atomic E-state index is 12.3. The predicted octanol–water partition coefficient (Wildman–Crippen LogP) is 0.927. The average molecular weight is 324 g/mol. The molecule has 0 radical (unpaired) electrons. The van der Waals surface area contributed by atoms with Gasteiger partial charge in [0.2, 0.25) is 0 Å². The van der Waals surface area contributed by atoms with E-state index in [-0.39, 0.29) is 0 Å². The van der Waals surface area contributed by atoms with Crippen molar-refractivity contribution in [3.05, 3.63) is 16.5 Å². The highest BCUT2D eigenvalue weighted by Gasteiger charge is 2.23. The van der Waals surface area contributed by atoms with Crippen molar-refractivity contribution in [2.75, 3.05) is 46.3 Å². The van der Waals surface area contributed by atoms with E-state index in [0.29, 0.717) is 15.1 Å². The fourth-order valence-corrected chi connectivity index (χ4v) is 4.78. The summed E-state index contributed by atoms with van der Waals surface area (Å²) in [5.41, 5.74) is 0. The minimum atomic E-state index is -3.39. The molecule has 5 nitrogen and oxygen atoms in total. The van der Waals surface area contributed by atoms with Gasteiger partial charge in [0.15, 0.2) is 0 Å². The van der Waals surface area contributed by atoms with E-state index in [9.17, 15) is 8.42 Å². The molecule has 1 saturated heterocycles. The average Bonchev–Trinajstić information content (AvgIpc) is 2.84. The minimum absolute atomic E-state index is 0.306. The summed E-state index contributed by atoms with van der Waals surface area (Å²) in [6, 6.07) is 3.17. The van der Waals surface area contributed by atoms with Crippen LogP contribution in [0.4, 0.5) is 0 Å². The molecular formula is C11H18ClN3O2S2. The Morgan fingerprint density at radius 1 is 1.42 bits per heavy atom. The molecule has 2 heterocycles. The Morgan fingerprint density at radius 2 is 2.11 bits per heavy atom. The highest BCUT2D eigenvalue weighted by atomic mass is 35.5. The molecule has 0 spiro atoms. The summed E-state index contributed by atoms with van der Waals surface area (Å²) in [6.07, 6.45) is 0. The van der Waals surface area contributed by atoms with Crippen LogP contribution in [0.1, 0.15) is 0 Å². The molecule has 0 aromatic carbocycles. The van der Waals surface area contributed by atoms with Gasteiger partial charge in [0, 0.05) is 46.3 Å². The minimum Gasteiger partial charge on any atom is -0.314 e. The number of hydrogen-bond donors (Lipinski definition) is 1. The molecule has 1 aromatic heterocycles. The summed E-state index contributed by atoms with van der Waals surface area (Å²) < 4.78 is 26.7. The van der Waals surface area contributed by atoms with Gasteiger partial charge in [-0.3, -0.25) is 4.90 Å². The second kappa shape index (κ2) is 6.51. The Balaban J connectivity index is 1.93. The number of thiophene rings is 1. The molecule has 19 heavy (non-hydrogen) atoms. The first-order valence-corrected chi connectivity index (χ1v) is 8.78. The van der Waals surface area contributed by atoms with Crippen LogP contribution in [0, 0.1) is 0 Å². The van der Waals surface area contributed by atoms with E-state index in [4.69, 9.17) is 11.6 Å². The van der Waals surface area contributed by atoms with Crippen molar-refractivity contribution >= 4 is 33.0 Å². The van der Waals surface area contributed by atoms with E-state index in [2.05, 4.69) is 10.2 Å². The quantitative estimate of drug-likeness (QED) is 0.876. The summed E-state index contributed by atoms with van der Waals surface area (Å²) in [5.74, 6) is 0. The fourth-order valence-electron chi connectivity index (χ4n) is 1.93. The van der Waals surface area contributed by atoms with E-state index < -0.39 is 10.0 Å². The van der Waals surface area contributed by atoms with Crippen molar-refractivity contribution in [2.24, 2.45) is 0 Å². The lowest BCUT2D eigenvalue weighted by Gasteiger charge is -2.28. The van der Waals surface area contributed by atoms with Crippen LogP contribution in [0.2, 0.25) is 4.34 Å². The lowest BCUT2D eigenvalue weighted by Crippen LogP contribution is -2.46. The summed E-state index contributed by atoms with van der Waals surface area (Å²) in [4.78, 5) is 2.27. The number of nitrogens with zero attached hydrogens (tertiary/aromatic N) is 2. The van der Waals surface area contributed by atoms with Gasteiger partial charge in [0.25, 0.3) is 10.0 Å². The summed E-state index contributed by atoms with van der Waals surface area (Å²) >= 11 is 6.89. The van der Waals surface area contributed by atoms with Gasteiger partial charge < -0.3 is 5.32 Å². The van der Waals surface area contributed by atoms with E-state index in [1.165, 1.54) is 4.31 Å². The van der Waals surface area contributed by atoms with Gasteiger partial charge in [-0.1, -0.05) is 11.6 Å². The highest BCUT2D eigenvalue weighted by Crippen LogP contribution is 2.27. The van der Waals surface area contributed by atoms with Gasteiger partial charge in [-0.15, -0.1) is 11.3 Å². The first-order valence-electron chi connectivity index (χ1n) is 6.15. The van der Waals surface area contributed by atoms with Gasteiger partial charge in [0.1, 0.15) is 4.21 Å². The largest absolute Gasteiger partial charge is 0.314 e. The molecule has 0 bridgehead atoms. The first kappa shape index (κ1) is 15.2. The Hall–Kier alpha value is -0.180. The maximum absolute atomic E-state index is 12.3. The number of nitrogens with one attached hydrogen (secondary N) is 1. The summed E-state index contributed by atoms with van der Waals surface area (Å²) in [5, 5.41) is 3.27. The molecule has 0 aliphatic carbocycles. The second-order valence-corrected chi connectivity index (χ2v) is 8.46. The van der Waals surface area contributed by atoms with Crippen LogP contribution < -0.4 is 5.32 Å². The first-order chi connectivity index (χ1) is 9.00. The molecule has 0 unspecified atom stereocenters. The maximum Gasteiger partial charge on any atom is 0.252 e. The van der Waals surface area contributed by atoms with Crippen molar-refractivity contribution < 1.29 is 8.42 Å². The van der Waals surface area contributed by atoms with Gasteiger partial charge in [-0.05, 0) is 12.1 Å². The summed E-state index contributed by atoms with van der Waals surface area (Å²) in [6.45, 7) is 5.14. The van der Waals surface area contributed by atoms with Crippen LogP contribution in [0.15, 0.2) is 16.3 Å². The van der Waals surface area contributed by atoms with Gasteiger partial charge >= 0.3 is 0 Å². The van der Waals surface area contributed by atoms with E-state index in [1.54, 1.807) is 19.2 Å². The van der Waals surface area contributed by atoms with Gasteiger partial charge in [-0.25, -0.2) is 8.42 Å². The Kier molecular flexibility index (Phi) is 5.22. The lowest BCUT2D eigenvalue weighted by molar-refractivity contribution is 0.229. The zero-order valence-corrected chi connectivity index (χ0v) is 13.2. The fraction of sp³-hybridized carbons (Fsp3) is 0.636. The monoisotopic (exact) mass is 323 g/mol. The molecule has 2 rings (SSSR count). The third kappa shape index (κ3) is 3.90. The van der Waals surface area contributed by atoms with Crippen LogP contribution in [0.3, 0.4) is 0 Å². The second-order valence-electron chi connectivity index (χ2n) is 4.48. The highest BCUT2D eigenvalue weighted by molar-refractivity contribution is 7.91. The normalized spacial score (nSPS) is 18.1. The van der Waals surface area contributed by atoms with Crippen molar-refractivity contribution in [2.45, 2.75) is 4.21 Å². The topological polar surface area (TPSA) is 52.6 Å². The van der Waals surface area contributed by atoms with Crippen LogP contribution in [-0.4, -0.2) is 63.9 Å². The SMILES string of the molecule is CN(CCN1CCNCC1)S(=O)(=O)c1ccc(Cl)s1. The molecule has 0 amide bonds. The Labute approximate surface area is 123 Å². The number of hydrogen-bond acceptors (Lipinski definition) is 5. The summed E-state index contributed by atoms with van der Waals surface area (Å²) in [7, 11) is -1.78. The van der Waals surface area contributed by atoms with E-state index in [0.717, 1.165) is 44.1 Å². The molecule has 8 heteroatoms. The molecular weight excluding hydrogens is 306 g/mol. The van der Waals surface area contributed by atoms with Gasteiger partial charge in [0.05, 0.1) is 4.34 Å². The number of piperazine rings is 1. The van der Waals surface area contributed by atoms with Gasteiger partial charge in [-0.2, -0.15) is 4.31 Å². The van der Waals surface area contributed by atoms with Crippen LogP contribution in [-0.2, 0) is 10.0 Å². The van der Waals surface area contributed by atoms with Crippen LogP contribution in [0.5, 0.6) is 0 Å². The van der Waals surface area contributed by atoms with Crippen molar-refractivity contribution in [3.8, 4) is 0 Å². The molecule has 0 atom stereocenters. The molecule has 1 aliphatic rings. The smallest absolute Gasteiger partial charge is 0.252 e. The van der Waals surface area contributed by atoms with E-state index in [1.807, 2.05) is 0 Å². The Morgan fingerprint density at radius 3 is 2.68 bits per heavy atom. The standard InChI is InChI=1S/C11H18ClN3O2S2/c1-14(8-9-15-6-4-13-5-7-15)19(16,17)11-3-2-10(12)18-11/h2-3,13H,4-9H2,1H3. The number of likely N-dealkylation sites (N-methyl/N-ethyl adjacent to an activating group) is 1. The molecule has 1 N–H and O–H groups in total. The predicted molar refractivity (Wildman–Crippen MR) is 78.5 cm³/mol. The number of sulfonamides is 1. The van der Waals surface area contributed by atoms with Crippen molar-refractivity contribution in [3.63, 3.8) is 0 Å². The number of halogens is 1. The van der Waals surface area contributed by atoms with Crippen LogP contribution in [0.25, 0.3) is 0 Å². The molecule has 0 saturated carbocycles. The molecule has 1 aliphatic heterocycles. The van der Waals surface area contributed by atoms with Crippen molar-refractivity contribution in [1.82, 2.24) is 14.5 Å². The van der Waals surface area contributed by atoms with Crippen LogP contribution >= 0.6 is 22.9 Å². The third-order valence-electron chi connectivity index (χ3n) is 3.15. The zero-order chi connectivity index (χ0) is 13.9. The molecule has 1 aromatic rings. The zero-order valence-electron chi connectivity index (χ0n) is 10.8. The molecule has 1 fully saturated rings.